The van der Waals surface area contributed by atoms with Crippen molar-refractivity contribution in [3.8, 4) is 11.5 Å². The molecule has 0 saturated carbocycles. The van der Waals surface area contributed by atoms with Crippen molar-refractivity contribution in [2.45, 2.75) is 38.2 Å². The van der Waals surface area contributed by atoms with Gasteiger partial charge in [0, 0.05) is 11.5 Å². The number of rotatable bonds is 8. The normalized spacial score (nSPS) is 18.3. The Morgan fingerprint density at radius 2 is 1.58 bits per heavy atom. The van der Waals surface area contributed by atoms with E-state index in [1.54, 1.807) is 7.11 Å². The molecule has 0 fully saturated rings. The van der Waals surface area contributed by atoms with Gasteiger partial charge in [0.25, 0.3) is 0 Å². The Hall–Kier alpha value is -3.04. The van der Waals surface area contributed by atoms with Crippen molar-refractivity contribution < 1.29 is 14.6 Å². The minimum absolute atomic E-state index is 0.114. The molecule has 0 bridgehead atoms. The highest BCUT2D eigenvalue weighted by molar-refractivity contribution is 5.99. The Morgan fingerprint density at radius 1 is 0.871 bits per heavy atom. The SMILES string of the molecule is CCCCOc1ccccc1C1=C(c2ccc(OC)cc2)[C@H](c2ccccc2)C[C@@H]1O. The van der Waals surface area contributed by atoms with Crippen molar-refractivity contribution in [1.82, 2.24) is 0 Å². The molecule has 4 rings (SSSR count). The van der Waals surface area contributed by atoms with Gasteiger partial charge < -0.3 is 14.6 Å². The van der Waals surface area contributed by atoms with E-state index in [1.807, 2.05) is 36.4 Å². The van der Waals surface area contributed by atoms with Crippen molar-refractivity contribution in [2.24, 2.45) is 0 Å². The maximum atomic E-state index is 11.3. The van der Waals surface area contributed by atoms with Gasteiger partial charge in [0.15, 0.2) is 0 Å². The van der Waals surface area contributed by atoms with Crippen molar-refractivity contribution in [3.05, 3.63) is 95.6 Å². The molecule has 3 nitrogen and oxygen atoms in total. The molecule has 3 aromatic rings. The minimum atomic E-state index is -0.557. The lowest BCUT2D eigenvalue weighted by Gasteiger charge is -2.19. The fourth-order valence-corrected chi connectivity index (χ4v) is 4.41. The van der Waals surface area contributed by atoms with E-state index >= 15 is 0 Å². The third-order valence-electron chi connectivity index (χ3n) is 5.97. The number of methoxy groups -OCH3 is 1. The van der Waals surface area contributed by atoms with Crippen LogP contribution in [0.25, 0.3) is 11.1 Å². The van der Waals surface area contributed by atoms with Crippen LogP contribution in [-0.2, 0) is 0 Å². The number of hydrogen-bond acceptors (Lipinski definition) is 3. The van der Waals surface area contributed by atoms with Crippen LogP contribution < -0.4 is 9.47 Å². The van der Waals surface area contributed by atoms with Crippen molar-refractivity contribution in [2.75, 3.05) is 13.7 Å². The highest BCUT2D eigenvalue weighted by Gasteiger charge is 2.36. The number of benzene rings is 3. The van der Waals surface area contributed by atoms with Crippen LogP contribution in [-0.4, -0.2) is 24.9 Å². The van der Waals surface area contributed by atoms with E-state index < -0.39 is 6.10 Å². The van der Waals surface area contributed by atoms with Crippen LogP contribution in [0.1, 0.15) is 48.8 Å². The molecule has 0 spiro atoms. The van der Waals surface area contributed by atoms with Gasteiger partial charge in [-0.25, -0.2) is 0 Å². The fourth-order valence-electron chi connectivity index (χ4n) is 4.41. The summed E-state index contributed by atoms with van der Waals surface area (Å²) in [5, 5.41) is 11.3. The molecular formula is C28H30O3. The summed E-state index contributed by atoms with van der Waals surface area (Å²) in [4.78, 5) is 0. The lowest BCUT2D eigenvalue weighted by atomic mass is 9.87. The van der Waals surface area contributed by atoms with Crippen molar-refractivity contribution in [1.29, 1.82) is 0 Å². The quantitative estimate of drug-likeness (QED) is 0.438. The maximum Gasteiger partial charge on any atom is 0.126 e. The number of unbranched alkanes of at least 4 members (excludes halogenated alkanes) is 1. The van der Waals surface area contributed by atoms with Crippen LogP contribution in [0.3, 0.4) is 0 Å². The Balaban J connectivity index is 1.86. The average molecular weight is 415 g/mol. The zero-order chi connectivity index (χ0) is 21.6. The number of aliphatic hydroxyl groups excluding tert-OH is 1. The van der Waals surface area contributed by atoms with E-state index in [2.05, 4.69) is 49.4 Å². The number of hydrogen-bond donors (Lipinski definition) is 1. The molecule has 0 saturated heterocycles. The first kappa shape index (κ1) is 21.2. The summed E-state index contributed by atoms with van der Waals surface area (Å²) in [5.41, 5.74) is 5.42. The van der Waals surface area contributed by atoms with Crippen molar-refractivity contribution >= 4 is 11.1 Å². The number of ether oxygens (including phenoxy) is 2. The van der Waals surface area contributed by atoms with Crippen LogP contribution in [0, 0.1) is 0 Å². The minimum Gasteiger partial charge on any atom is -0.497 e. The summed E-state index contributed by atoms with van der Waals surface area (Å²) in [6.45, 7) is 2.83. The monoisotopic (exact) mass is 414 g/mol. The first-order valence-corrected chi connectivity index (χ1v) is 11.1. The topological polar surface area (TPSA) is 38.7 Å². The molecule has 1 aliphatic rings. The molecule has 1 aliphatic carbocycles. The molecule has 0 unspecified atom stereocenters. The van der Waals surface area contributed by atoms with Gasteiger partial charge in [0.1, 0.15) is 11.5 Å². The van der Waals surface area contributed by atoms with E-state index in [1.165, 1.54) is 5.56 Å². The number of para-hydroxylation sites is 1. The molecular weight excluding hydrogens is 384 g/mol. The molecule has 1 N–H and O–H groups in total. The average Bonchev–Trinajstić information content (AvgIpc) is 3.17. The van der Waals surface area contributed by atoms with Crippen molar-refractivity contribution in [3.63, 3.8) is 0 Å². The standard InChI is InChI=1S/C28H30O3/c1-3-4-18-31-26-13-9-8-12-23(26)28-25(29)19-24(20-10-6-5-7-11-20)27(28)21-14-16-22(30-2)17-15-21/h5-17,24-25,29H,3-4,18-19H2,1-2H3/t24-,25-/m0/s1. The summed E-state index contributed by atoms with van der Waals surface area (Å²) in [6.07, 6.45) is 2.19. The zero-order valence-electron chi connectivity index (χ0n) is 18.3. The predicted molar refractivity (Wildman–Crippen MR) is 126 cm³/mol. The van der Waals surface area contributed by atoms with E-state index in [-0.39, 0.29) is 5.92 Å². The van der Waals surface area contributed by atoms with E-state index in [0.717, 1.165) is 46.6 Å². The summed E-state index contributed by atoms with van der Waals surface area (Å²) >= 11 is 0. The lowest BCUT2D eigenvalue weighted by Crippen LogP contribution is -2.07. The van der Waals surface area contributed by atoms with Crippen LogP contribution >= 0.6 is 0 Å². The second kappa shape index (κ2) is 9.84. The molecule has 0 heterocycles. The van der Waals surface area contributed by atoms with Gasteiger partial charge in [-0.05, 0) is 53.3 Å². The summed E-state index contributed by atoms with van der Waals surface area (Å²) in [5.74, 6) is 1.78. The second-order valence-electron chi connectivity index (χ2n) is 7.97. The smallest absolute Gasteiger partial charge is 0.126 e. The van der Waals surface area contributed by atoms with Gasteiger partial charge in [-0.1, -0.05) is 74.0 Å². The second-order valence-corrected chi connectivity index (χ2v) is 7.97. The highest BCUT2D eigenvalue weighted by Crippen LogP contribution is 2.50. The predicted octanol–water partition coefficient (Wildman–Crippen LogP) is 6.33. The lowest BCUT2D eigenvalue weighted by molar-refractivity contribution is 0.225. The van der Waals surface area contributed by atoms with Crippen LogP contribution in [0.5, 0.6) is 11.5 Å². The molecule has 0 amide bonds. The molecule has 0 aromatic heterocycles. The van der Waals surface area contributed by atoms with Gasteiger partial charge in [-0.2, -0.15) is 0 Å². The molecule has 160 valence electrons. The zero-order valence-corrected chi connectivity index (χ0v) is 18.3. The third-order valence-corrected chi connectivity index (χ3v) is 5.97. The van der Waals surface area contributed by atoms with Crippen LogP contribution in [0.2, 0.25) is 0 Å². The Labute approximate surface area is 185 Å². The van der Waals surface area contributed by atoms with Gasteiger partial charge in [0.2, 0.25) is 0 Å². The molecule has 3 heteroatoms. The fraction of sp³-hybridized carbons (Fsp3) is 0.286. The van der Waals surface area contributed by atoms with Gasteiger partial charge >= 0.3 is 0 Å². The van der Waals surface area contributed by atoms with Gasteiger partial charge in [-0.15, -0.1) is 0 Å². The van der Waals surface area contributed by atoms with Crippen LogP contribution in [0.4, 0.5) is 0 Å². The first-order valence-electron chi connectivity index (χ1n) is 11.1. The summed E-state index contributed by atoms with van der Waals surface area (Å²) in [6, 6.07) is 26.7. The summed E-state index contributed by atoms with van der Waals surface area (Å²) < 4.78 is 11.5. The van der Waals surface area contributed by atoms with E-state index in [9.17, 15) is 5.11 Å². The molecule has 0 radical (unpaired) electrons. The Kier molecular flexibility index (Phi) is 6.73. The molecule has 0 aliphatic heterocycles. The summed E-state index contributed by atoms with van der Waals surface area (Å²) in [7, 11) is 1.68. The maximum absolute atomic E-state index is 11.3. The molecule has 3 aromatic carbocycles. The first-order chi connectivity index (χ1) is 15.2. The number of allylic oxidation sites excluding steroid dienone is 1. The molecule has 2 atom stereocenters. The largest absolute Gasteiger partial charge is 0.497 e. The number of aliphatic hydroxyl groups is 1. The molecule has 31 heavy (non-hydrogen) atoms. The van der Waals surface area contributed by atoms with Gasteiger partial charge in [-0.3, -0.25) is 0 Å². The Morgan fingerprint density at radius 3 is 2.29 bits per heavy atom. The third kappa shape index (κ3) is 4.52. The van der Waals surface area contributed by atoms with Gasteiger partial charge in [0.05, 0.1) is 19.8 Å². The highest BCUT2D eigenvalue weighted by atomic mass is 16.5. The van der Waals surface area contributed by atoms with E-state index in [0.29, 0.717) is 13.0 Å². The van der Waals surface area contributed by atoms with E-state index in [4.69, 9.17) is 9.47 Å². The Bertz CT molecular complexity index is 1020. The van der Waals surface area contributed by atoms with Crippen LogP contribution in [0.15, 0.2) is 78.9 Å².